The number of hydrogen-bond donors (Lipinski definition) is 2. The quantitative estimate of drug-likeness (QED) is 0.531. The predicted octanol–water partition coefficient (Wildman–Crippen LogP) is 5.71. The Labute approximate surface area is 171 Å². The Bertz CT molecular complexity index is 1040. The van der Waals surface area contributed by atoms with Crippen molar-refractivity contribution in [2.75, 3.05) is 10.6 Å². The van der Waals surface area contributed by atoms with Crippen molar-refractivity contribution in [3.05, 3.63) is 83.0 Å². The van der Waals surface area contributed by atoms with Crippen LogP contribution < -0.4 is 10.6 Å². The maximum absolute atomic E-state index is 12.7. The van der Waals surface area contributed by atoms with E-state index in [1.54, 1.807) is 30.5 Å². The Kier molecular flexibility index (Phi) is 6.07. The van der Waals surface area contributed by atoms with Gasteiger partial charge in [0.2, 0.25) is 0 Å². The molecule has 0 radical (unpaired) electrons. The zero-order valence-corrected chi connectivity index (χ0v) is 17.1. The minimum Gasteiger partial charge on any atom is -0.340 e. The molecule has 1 aromatic heterocycles. The van der Waals surface area contributed by atoms with Gasteiger partial charge in [-0.15, -0.1) is 0 Å². The molecule has 0 fully saturated rings. The fourth-order valence-electron chi connectivity index (χ4n) is 3.09. The number of rotatable bonds is 6. The summed E-state index contributed by atoms with van der Waals surface area (Å²) < 4.78 is 0. The van der Waals surface area contributed by atoms with Gasteiger partial charge in [0.1, 0.15) is 5.82 Å². The summed E-state index contributed by atoms with van der Waals surface area (Å²) >= 11 is 0. The van der Waals surface area contributed by atoms with Gasteiger partial charge in [-0.2, -0.15) is 0 Å². The average Bonchev–Trinajstić information content (AvgIpc) is 2.70. The standard InChI is InChI=1S/C24H25N3O2/c1-15(2)21-10-5-7-16(3)23(21)27-24(29)19-11-12-22(25-14-19)26-20-9-6-8-18(13-20)17(4)28/h5-15H,1-4H3,(H,25,26)(H,27,29). The Balaban J connectivity index is 1.75. The number of anilines is 3. The number of benzene rings is 2. The molecule has 1 amide bonds. The van der Waals surface area contributed by atoms with Gasteiger partial charge in [-0.05, 0) is 55.2 Å². The van der Waals surface area contributed by atoms with Gasteiger partial charge in [-0.3, -0.25) is 9.59 Å². The van der Waals surface area contributed by atoms with Crippen molar-refractivity contribution in [2.45, 2.75) is 33.6 Å². The van der Waals surface area contributed by atoms with Crippen LogP contribution in [0.15, 0.2) is 60.8 Å². The van der Waals surface area contributed by atoms with Crippen LogP contribution in [0.3, 0.4) is 0 Å². The van der Waals surface area contributed by atoms with E-state index in [4.69, 9.17) is 0 Å². The van der Waals surface area contributed by atoms with Crippen LogP contribution in [0.4, 0.5) is 17.2 Å². The van der Waals surface area contributed by atoms with Crippen LogP contribution in [0, 0.1) is 6.92 Å². The third-order valence-electron chi connectivity index (χ3n) is 4.73. The van der Waals surface area contributed by atoms with E-state index >= 15 is 0 Å². The maximum atomic E-state index is 12.7. The largest absolute Gasteiger partial charge is 0.340 e. The van der Waals surface area contributed by atoms with Crippen LogP contribution >= 0.6 is 0 Å². The molecule has 0 bridgehead atoms. The smallest absolute Gasteiger partial charge is 0.257 e. The Hall–Kier alpha value is -3.47. The van der Waals surface area contributed by atoms with Crippen molar-refractivity contribution in [3.63, 3.8) is 0 Å². The molecule has 5 heteroatoms. The van der Waals surface area contributed by atoms with Crippen molar-refractivity contribution in [1.29, 1.82) is 0 Å². The molecule has 2 aromatic carbocycles. The SMILES string of the molecule is CC(=O)c1cccc(Nc2ccc(C(=O)Nc3c(C)cccc3C(C)C)cn2)c1. The number of carbonyl (C=O) groups excluding carboxylic acids is 2. The summed E-state index contributed by atoms with van der Waals surface area (Å²) in [6.07, 6.45) is 1.54. The number of nitrogens with zero attached hydrogens (tertiary/aromatic N) is 1. The van der Waals surface area contributed by atoms with Crippen LogP contribution in [0.2, 0.25) is 0 Å². The minimum atomic E-state index is -0.196. The third kappa shape index (κ3) is 4.88. The van der Waals surface area contributed by atoms with Crippen molar-refractivity contribution in [1.82, 2.24) is 4.98 Å². The van der Waals surface area contributed by atoms with E-state index < -0.39 is 0 Å². The Morgan fingerprint density at radius 2 is 1.72 bits per heavy atom. The van der Waals surface area contributed by atoms with E-state index in [9.17, 15) is 9.59 Å². The molecule has 2 N–H and O–H groups in total. The fraction of sp³-hybridized carbons (Fsp3) is 0.208. The lowest BCUT2D eigenvalue weighted by atomic mass is 9.98. The van der Waals surface area contributed by atoms with Gasteiger partial charge in [-0.25, -0.2) is 4.98 Å². The van der Waals surface area contributed by atoms with E-state index in [0.29, 0.717) is 22.9 Å². The van der Waals surface area contributed by atoms with Gasteiger partial charge in [0.25, 0.3) is 5.91 Å². The molecule has 0 unspecified atom stereocenters. The molecule has 3 rings (SSSR count). The van der Waals surface area contributed by atoms with Gasteiger partial charge in [0, 0.05) is 23.1 Å². The lowest BCUT2D eigenvalue weighted by Gasteiger charge is -2.16. The zero-order valence-electron chi connectivity index (χ0n) is 17.1. The summed E-state index contributed by atoms with van der Waals surface area (Å²) in [5, 5.41) is 6.18. The third-order valence-corrected chi connectivity index (χ3v) is 4.73. The molecule has 0 spiro atoms. The Morgan fingerprint density at radius 1 is 0.966 bits per heavy atom. The van der Waals surface area contributed by atoms with Gasteiger partial charge >= 0.3 is 0 Å². The van der Waals surface area contributed by atoms with Crippen LogP contribution in [0.25, 0.3) is 0 Å². The first kappa shape index (κ1) is 20.3. The molecule has 0 saturated carbocycles. The molecular weight excluding hydrogens is 362 g/mol. The fourth-order valence-corrected chi connectivity index (χ4v) is 3.09. The van der Waals surface area contributed by atoms with Crippen LogP contribution in [-0.2, 0) is 0 Å². The number of para-hydroxylation sites is 1. The van der Waals surface area contributed by atoms with Gasteiger partial charge in [0.05, 0.1) is 5.56 Å². The predicted molar refractivity (Wildman–Crippen MR) is 117 cm³/mol. The van der Waals surface area contributed by atoms with E-state index in [1.165, 1.54) is 6.92 Å². The summed E-state index contributed by atoms with van der Waals surface area (Å²) in [7, 11) is 0. The molecular formula is C24H25N3O2. The number of hydrogen-bond acceptors (Lipinski definition) is 4. The normalized spacial score (nSPS) is 10.7. The molecule has 0 aliphatic carbocycles. The highest BCUT2D eigenvalue weighted by Gasteiger charge is 2.13. The zero-order chi connectivity index (χ0) is 21.0. The van der Waals surface area contributed by atoms with E-state index in [2.05, 4.69) is 29.5 Å². The van der Waals surface area contributed by atoms with E-state index in [-0.39, 0.29) is 11.7 Å². The summed E-state index contributed by atoms with van der Waals surface area (Å²) in [5.41, 5.74) is 4.87. The van der Waals surface area contributed by atoms with E-state index in [1.807, 2.05) is 37.3 Å². The lowest BCUT2D eigenvalue weighted by Crippen LogP contribution is -2.15. The number of aryl methyl sites for hydroxylation is 1. The molecule has 3 aromatic rings. The monoisotopic (exact) mass is 387 g/mol. The summed E-state index contributed by atoms with van der Waals surface area (Å²) in [5.74, 6) is 0.714. The number of ketones is 1. The molecule has 0 aliphatic heterocycles. The summed E-state index contributed by atoms with van der Waals surface area (Å²) in [4.78, 5) is 28.6. The highest BCUT2D eigenvalue weighted by atomic mass is 16.1. The second kappa shape index (κ2) is 8.69. The molecule has 148 valence electrons. The number of carbonyl (C=O) groups is 2. The number of aromatic nitrogens is 1. The van der Waals surface area contributed by atoms with Crippen molar-refractivity contribution >= 4 is 28.9 Å². The van der Waals surface area contributed by atoms with Gasteiger partial charge < -0.3 is 10.6 Å². The maximum Gasteiger partial charge on any atom is 0.257 e. The van der Waals surface area contributed by atoms with Gasteiger partial charge in [0.15, 0.2) is 5.78 Å². The van der Waals surface area contributed by atoms with Crippen molar-refractivity contribution in [3.8, 4) is 0 Å². The molecule has 1 heterocycles. The van der Waals surface area contributed by atoms with Crippen molar-refractivity contribution in [2.24, 2.45) is 0 Å². The first-order chi connectivity index (χ1) is 13.8. The molecule has 0 atom stereocenters. The van der Waals surface area contributed by atoms with Crippen molar-refractivity contribution < 1.29 is 9.59 Å². The highest BCUT2D eigenvalue weighted by Crippen LogP contribution is 2.28. The topological polar surface area (TPSA) is 71.1 Å². The number of amides is 1. The summed E-state index contributed by atoms with van der Waals surface area (Å²) in [6.45, 7) is 7.73. The first-order valence-electron chi connectivity index (χ1n) is 9.60. The van der Waals surface area contributed by atoms with Crippen LogP contribution in [0.1, 0.15) is 58.5 Å². The van der Waals surface area contributed by atoms with Crippen LogP contribution in [0.5, 0.6) is 0 Å². The second-order valence-corrected chi connectivity index (χ2v) is 7.34. The minimum absolute atomic E-state index is 0.00519. The lowest BCUT2D eigenvalue weighted by molar-refractivity contribution is 0.101. The average molecular weight is 387 g/mol. The molecule has 29 heavy (non-hydrogen) atoms. The second-order valence-electron chi connectivity index (χ2n) is 7.34. The Morgan fingerprint density at radius 3 is 2.38 bits per heavy atom. The van der Waals surface area contributed by atoms with Crippen LogP contribution in [-0.4, -0.2) is 16.7 Å². The highest BCUT2D eigenvalue weighted by molar-refractivity contribution is 6.05. The molecule has 5 nitrogen and oxygen atoms in total. The number of nitrogens with one attached hydrogen (secondary N) is 2. The first-order valence-corrected chi connectivity index (χ1v) is 9.60. The number of Topliss-reactive ketones (excluding diaryl/α,β-unsaturated/α-hetero) is 1. The molecule has 0 aliphatic rings. The van der Waals surface area contributed by atoms with E-state index in [0.717, 1.165) is 22.5 Å². The molecule has 0 saturated heterocycles. The number of pyridine rings is 1. The van der Waals surface area contributed by atoms with Gasteiger partial charge in [-0.1, -0.05) is 44.2 Å². The summed E-state index contributed by atoms with van der Waals surface area (Å²) in [6, 6.07) is 16.7.